The van der Waals surface area contributed by atoms with Crippen LogP contribution in [0.15, 0.2) is 35.5 Å². The lowest BCUT2D eigenvalue weighted by atomic mass is 9.59. The summed E-state index contributed by atoms with van der Waals surface area (Å²) < 4.78 is 0. The number of fused-ring (bicyclic) bond motifs is 1. The van der Waals surface area contributed by atoms with Gasteiger partial charge in [0, 0.05) is 0 Å². The summed E-state index contributed by atoms with van der Waals surface area (Å²) in [5.74, 6) is -0.148. The van der Waals surface area contributed by atoms with Crippen molar-refractivity contribution in [2.24, 2.45) is 29.1 Å². The van der Waals surface area contributed by atoms with Gasteiger partial charge in [0.25, 0.3) is 0 Å². The van der Waals surface area contributed by atoms with Crippen LogP contribution in [0.3, 0.4) is 0 Å². The molecule has 0 spiro atoms. The Hall–Kier alpha value is -1.39. The monoisotopic (exact) mass is 444 g/mol. The first-order valence-electron chi connectivity index (χ1n) is 12.6. The molecular formula is C28H44O4. The van der Waals surface area contributed by atoms with Crippen LogP contribution in [0.5, 0.6) is 0 Å². The van der Waals surface area contributed by atoms with E-state index in [9.17, 15) is 20.1 Å². The minimum Gasteiger partial charge on any atom is -0.481 e. The molecule has 180 valence electrons. The first-order chi connectivity index (χ1) is 14.9. The molecule has 4 nitrogen and oxygen atoms in total. The molecule has 3 saturated carbocycles. The maximum Gasteiger partial charge on any atom is 0.306 e. The first-order valence-corrected chi connectivity index (χ1v) is 12.6. The molecule has 0 saturated heterocycles. The lowest BCUT2D eigenvalue weighted by Crippen LogP contribution is -2.39. The highest BCUT2D eigenvalue weighted by molar-refractivity contribution is 5.70. The van der Waals surface area contributed by atoms with E-state index >= 15 is 0 Å². The maximum absolute atomic E-state index is 12.1. The van der Waals surface area contributed by atoms with Crippen LogP contribution in [-0.4, -0.2) is 33.0 Å². The average Bonchev–Trinajstić information content (AvgIpc) is 3.05. The molecule has 3 rings (SSSR count). The summed E-state index contributed by atoms with van der Waals surface area (Å²) in [6.45, 7) is 12.2. The van der Waals surface area contributed by atoms with Crippen molar-refractivity contribution in [1.29, 1.82) is 0 Å². The summed E-state index contributed by atoms with van der Waals surface area (Å²) in [5, 5.41) is 30.2. The molecule has 3 N–H and O–H groups in total. The lowest BCUT2D eigenvalue weighted by Gasteiger charge is -2.45. The van der Waals surface area contributed by atoms with Gasteiger partial charge in [-0.1, -0.05) is 43.7 Å². The normalized spacial score (nSPS) is 35.7. The Kier molecular flexibility index (Phi) is 7.77. The largest absolute Gasteiger partial charge is 0.481 e. The van der Waals surface area contributed by atoms with Crippen molar-refractivity contribution < 1.29 is 20.1 Å². The van der Waals surface area contributed by atoms with E-state index in [1.807, 2.05) is 0 Å². The molecule has 0 aromatic carbocycles. The number of aliphatic carboxylic acids is 1. The molecule has 0 heterocycles. The summed E-state index contributed by atoms with van der Waals surface area (Å²) in [6, 6.07) is 0. The van der Waals surface area contributed by atoms with Crippen molar-refractivity contribution >= 4 is 5.97 Å². The number of hydrogen-bond donors (Lipinski definition) is 3. The van der Waals surface area contributed by atoms with Gasteiger partial charge in [0.05, 0.1) is 17.6 Å². The second-order valence-corrected chi connectivity index (χ2v) is 11.7. The fraction of sp³-hybridized carbons (Fsp3) is 0.750. The van der Waals surface area contributed by atoms with E-state index in [2.05, 4.69) is 32.6 Å². The Morgan fingerprint density at radius 3 is 2.62 bits per heavy atom. The molecule has 0 amide bonds. The molecule has 0 radical (unpaired) electrons. The van der Waals surface area contributed by atoms with E-state index < -0.39 is 17.5 Å². The molecule has 2 unspecified atom stereocenters. The van der Waals surface area contributed by atoms with Crippen molar-refractivity contribution in [1.82, 2.24) is 0 Å². The third-order valence-electron chi connectivity index (χ3n) is 8.88. The molecule has 3 fully saturated rings. The second kappa shape index (κ2) is 9.85. The quantitative estimate of drug-likeness (QED) is 0.447. The molecule has 3 aliphatic carbocycles. The van der Waals surface area contributed by atoms with Crippen LogP contribution in [0.2, 0.25) is 0 Å². The predicted molar refractivity (Wildman–Crippen MR) is 129 cm³/mol. The van der Waals surface area contributed by atoms with E-state index in [0.29, 0.717) is 31.1 Å². The van der Waals surface area contributed by atoms with Crippen molar-refractivity contribution in [3.05, 3.63) is 35.5 Å². The van der Waals surface area contributed by atoms with E-state index in [1.54, 1.807) is 13.8 Å². The zero-order chi connectivity index (χ0) is 23.7. The predicted octanol–water partition coefficient (Wildman–Crippen LogP) is 6.04. The number of carbonyl (C=O) groups is 1. The summed E-state index contributed by atoms with van der Waals surface area (Å²) in [7, 11) is 0. The van der Waals surface area contributed by atoms with E-state index in [1.165, 1.54) is 11.1 Å². The van der Waals surface area contributed by atoms with Crippen LogP contribution < -0.4 is 0 Å². The molecule has 0 aromatic rings. The number of rotatable bonds is 7. The van der Waals surface area contributed by atoms with Gasteiger partial charge in [0.1, 0.15) is 0 Å². The minimum atomic E-state index is -0.833. The van der Waals surface area contributed by atoms with Crippen LogP contribution in [0, 0.1) is 29.1 Å². The highest BCUT2D eigenvalue weighted by Crippen LogP contribution is 2.60. The second-order valence-electron chi connectivity index (χ2n) is 11.7. The van der Waals surface area contributed by atoms with Crippen LogP contribution in [0.1, 0.15) is 91.9 Å². The fourth-order valence-corrected chi connectivity index (χ4v) is 6.94. The van der Waals surface area contributed by atoms with Crippen LogP contribution >= 0.6 is 0 Å². The van der Waals surface area contributed by atoms with E-state index in [0.717, 1.165) is 50.5 Å². The minimum absolute atomic E-state index is 0.0934. The summed E-state index contributed by atoms with van der Waals surface area (Å²) in [5.41, 5.74) is 3.13. The van der Waals surface area contributed by atoms with Crippen LogP contribution in [-0.2, 0) is 4.79 Å². The number of carboxylic acids is 1. The summed E-state index contributed by atoms with van der Waals surface area (Å²) in [4.78, 5) is 12.1. The lowest BCUT2D eigenvalue weighted by molar-refractivity contribution is -0.145. The maximum atomic E-state index is 12.1. The number of carboxylic acid groups (broad SMARTS) is 1. The zero-order valence-corrected chi connectivity index (χ0v) is 20.6. The Bertz CT molecular complexity index is 771. The van der Waals surface area contributed by atoms with Gasteiger partial charge < -0.3 is 15.3 Å². The summed E-state index contributed by atoms with van der Waals surface area (Å²) >= 11 is 0. The molecule has 0 aliphatic heterocycles. The van der Waals surface area contributed by atoms with Gasteiger partial charge >= 0.3 is 5.97 Å². The van der Waals surface area contributed by atoms with Gasteiger partial charge in [-0.25, -0.2) is 0 Å². The van der Waals surface area contributed by atoms with Crippen molar-refractivity contribution in [3.8, 4) is 0 Å². The van der Waals surface area contributed by atoms with Gasteiger partial charge in [0.2, 0.25) is 0 Å². The van der Waals surface area contributed by atoms with Crippen molar-refractivity contribution in [3.63, 3.8) is 0 Å². The molecule has 3 aliphatic rings. The Balaban J connectivity index is 1.78. The topological polar surface area (TPSA) is 77.8 Å². The molecule has 6 atom stereocenters. The molecule has 4 heteroatoms. The zero-order valence-electron chi connectivity index (χ0n) is 20.6. The van der Waals surface area contributed by atoms with Gasteiger partial charge in [-0.15, -0.1) is 0 Å². The molecule has 0 aromatic heterocycles. The molecule has 32 heavy (non-hydrogen) atoms. The standard InChI is InChI=1S/C28H44O4/c1-18-8-11-22(29)17-21(18)10-9-20-7-6-15-28(5)24(12-13-25(20)28)19(2)23(26(30)31)14-16-27(3,4)32/h9-10,19,22-25,29,32H,1,6-8,11-17H2,2-5H3,(H,30,31)/t19-,22+,23?,24-,25?,28-/m1/s1. The first kappa shape index (κ1) is 25.2. The number of aliphatic hydroxyl groups is 2. The smallest absolute Gasteiger partial charge is 0.306 e. The highest BCUT2D eigenvalue weighted by Gasteiger charge is 2.52. The third-order valence-corrected chi connectivity index (χ3v) is 8.88. The third kappa shape index (κ3) is 5.56. The number of aliphatic hydroxyl groups excluding tert-OH is 1. The molecule has 0 bridgehead atoms. The highest BCUT2D eigenvalue weighted by atomic mass is 16.4. The summed E-state index contributed by atoms with van der Waals surface area (Å²) in [6.07, 6.45) is 13.3. The van der Waals surface area contributed by atoms with Crippen molar-refractivity contribution in [2.75, 3.05) is 0 Å². The number of allylic oxidation sites excluding steroid dienone is 4. The Morgan fingerprint density at radius 2 is 1.97 bits per heavy atom. The van der Waals surface area contributed by atoms with Gasteiger partial charge in [0.15, 0.2) is 0 Å². The number of hydrogen-bond acceptors (Lipinski definition) is 3. The van der Waals surface area contributed by atoms with Crippen LogP contribution in [0.4, 0.5) is 0 Å². The SMILES string of the molecule is C=C1CC[C@H](O)CC1=CC=C1CCC[C@@]2(C)C1CC[C@@H]2[C@H](C)C(CCC(C)(C)O)C(=O)O. The van der Waals surface area contributed by atoms with Gasteiger partial charge in [-0.2, -0.15) is 0 Å². The van der Waals surface area contributed by atoms with E-state index in [4.69, 9.17) is 0 Å². The van der Waals surface area contributed by atoms with Crippen molar-refractivity contribution in [2.45, 2.75) is 104 Å². The van der Waals surface area contributed by atoms with Crippen LogP contribution in [0.25, 0.3) is 0 Å². The fourth-order valence-electron chi connectivity index (χ4n) is 6.94. The average molecular weight is 445 g/mol. The van der Waals surface area contributed by atoms with Gasteiger partial charge in [-0.3, -0.25) is 4.79 Å². The van der Waals surface area contributed by atoms with Gasteiger partial charge in [-0.05, 0) is 107 Å². The Morgan fingerprint density at radius 1 is 1.25 bits per heavy atom. The Labute approximate surface area is 194 Å². The molecular weight excluding hydrogens is 400 g/mol. The van der Waals surface area contributed by atoms with E-state index in [-0.39, 0.29) is 17.4 Å².